The molecule has 2 aliphatic carbocycles. The molecule has 0 aliphatic heterocycles. The molecule has 7 heteroatoms. The predicted molar refractivity (Wildman–Crippen MR) is 133 cm³/mol. The number of hydrogen-bond donors (Lipinski definition) is 3. The lowest BCUT2D eigenvalue weighted by atomic mass is 9.87. The molecule has 0 saturated heterocycles. The quantitative estimate of drug-likeness (QED) is 0.485. The third kappa shape index (κ3) is 5.66. The van der Waals surface area contributed by atoms with Gasteiger partial charge in [0.25, 0.3) is 0 Å². The van der Waals surface area contributed by atoms with E-state index in [-0.39, 0.29) is 36.8 Å². The maximum Gasteiger partial charge on any atom is 0.407 e. The van der Waals surface area contributed by atoms with Crippen LogP contribution in [0.2, 0.25) is 0 Å². The van der Waals surface area contributed by atoms with Gasteiger partial charge >= 0.3 is 12.1 Å². The molecule has 1 fully saturated rings. The van der Waals surface area contributed by atoms with Gasteiger partial charge in [-0.15, -0.1) is 0 Å². The standard InChI is InChI=1S/C28H34N2O5/c1-28(2,26(33)30-24-13-7-8-18(24)16-25(31)32)14-15-29-27(34)35-17-23-21-11-5-3-9-19(21)20-10-4-6-12-22(20)23/h3-6,9-12,18,23-24H,7-8,13-17H2,1-2H3,(H,29,34)(H,30,33)(H,31,32). The minimum Gasteiger partial charge on any atom is -0.481 e. The van der Waals surface area contributed by atoms with Gasteiger partial charge in [0.15, 0.2) is 0 Å². The Morgan fingerprint density at radius 3 is 2.26 bits per heavy atom. The molecule has 0 aromatic heterocycles. The molecule has 2 atom stereocenters. The number of ether oxygens (including phenoxy) is 1. The van der Waals surface area contributed by atoms with E-state index < -0.39 is 17.5 Å². The maximum absolute atomic E-state index is 12.9. The number of nitrogens with one attached hydrogen (secondary N) is 2. The third-order valence-corrected chi connectivity index (χ3v) is 7.39. The Morgan fingerprint density at radius 2 is 1.63 bits per heavy atom. The molecule has 35 heavy (non-hydrogen) atoms. The van der Waals surface area contributed by atoms with E-state index in [1.165, 1.54) is 11.1 Å². The molecule has 0 radical (unpaired) electrons. The highest BCUT2D eigenvalue weighted by Gasteiger charge is 2.35. The fourth-order valence-electron chi connectivity index (χ4n) is 5.30. The van der Waals surface area contributed by atoms with Gasteiger partial charge in [-0.25, -0.2) is 4.79 Å². The first-order valence-electron chi connectivity index (χ1n) is 12.4. The number of amides is 2. The first-order valence-corrected chi connectivity index (χ1v) is 12.4. The van der Waals surface area contributed by atoms with Gasteiger partial charge in [0.2, 0.25) is 5.91 Å². The smallest absolute Gasteiger partial charge is 0.407 e. The Labute approximate surface area is 206 Å². The monoisotopic (exact) mass is 478 g/mol. The second kappa shape index (κ2) is 10.5. The summed E-state index contributed by atoms with van der Waals surface area (Å²) < 4.78 is 5.57. The first kappa shape index (κ1) is 24.8. The molecule has 0 heterocycles. The van der Waals surface area contributed by atoms with Crippen molar-refractivity contribution < 1.29 is 24.2 Å². The number of rotatable bonds is 9. The minimum atomic E-state index is -0.831. The van der Waals surface area contributed by atoms with E-state index in [0.717, 1.165) is 30.4 Å². The maximum atomic E-state index is 12.9. The SMILES string of the molecule is CC(C)(CCNC(=O)OCC1c2ccccc2-c2ccccc21)C(=O)NC1CCCC1CC(=O)O. The van der Waals surface area contributed by atoms with Crippen molar-refractivity contribution in [2.75, 3.05) is 13.2 Å². The highest BCUT2D eigenvalue weighted by Crippen LogP contribution is 2.44. The van der Waals surface area contributed by atoms with E-state index in [1.54, 1.807) is 0 Å². The zero-order chi connectivity index (χ0) is 25.0. The van der Waals surface area contributed by atoms with E-state index in [9.17, 15) is 14.4 Å². The molecule has 2 aliphatic rings. The van der Waals surface area contributed by atoms with E-state index in [0.29, 0.717) is 13.0 Å². The van der Waals surface area contributed by atoms with Crippen molar-refractivity contribution in [3.05, 3.63) is 59.7 Å². The minimum absolute atomic E-state index is 0.000489. The van der Waals surface area contributed by atoms with Crippen LogP contribution >= 0.6 is 0 Å². The largest absolute Gasteiger partial charge is 0.481 e. The summed E-state index contributed by atoms with van der Waals surface area (Å²) in [5, 5.41) is 14.9. The number of benzene rings is 2. The van der Waals surface area contributed by atoms with Crippen LogP contribution in [0, 0.1) is 11.3 Å². The number of carboxylic acid groups (broad SMARTS) is 1. The molecule has 2 unspecified atom stereocenters. The molecule has 2 aromatic rings. The van der Waals surface area contributed by atoms with Gasteiger partial charge < -0.3 is 20.5 Å². The van der Waals surface area contributed by atoms with Crippen LogP contribution in [0.25, 0.3) is 11.1 Å². The summed E-state index contributed by atoms with van der Waals surface area (Å²) >= 11 is 0. The van der Waals surface area contributed by atoms with Gasteiger partial charge in [-0.2, -0.15) is 0 Å². The Kier molecular flexibility index (Phi) is 7.43. The van der Waals surface area contributed by atoms with Crippen molar-refractivity contribution in [2.45, 2.75) is 57.9 Å². The molecule has 7 nitrogen and oxygen atoms in total. The molecule has 0 bridgehead atoms. The molecule has 2 aromatic carbocycles. The van der Waals surface area contributed by atoms with Crippen molar-refractivity contribution in [3.8, 4) is 11.1 Å². The molecule has 186 valence electrons. The lowest BCUT2D eigenvalue weighted by Gasteiger charge is -2.28. The van der Waals surface area contributed by atoms with E-state index in [1.807, 2.05) is 38.1 Å². The average Bonchev–Trinajstić information content (AvgIpc) is 3.39. The van der Waals surface area contributed by atoms with E-state index in [4.69, 9.17) is 9.84 Å². The van der Waals surface area contributed by atoms with Crippen molar-refractivity contribution in [2.24, 2.45) is 11.3 Å². The second-order valence-corrected chi connectivity index (χ2v) is 10.3. The summed E-state index contributed by atoms with van der Waals surface area (Å²) in [7, 11) is 0. The van der Waals surface area contributed by atoms with Crippen molar-refractivity contribution in [1.82, 2.24) is 10.6 Å². The highest BCUT2D eigenvalue weighted by atomic mass is 16.5. The van der Waals surface area contributed by atoms with Crippen LogP contribution in [0.1, 0.15) is 63.0 Å². The number of fused-ring (bicyclic) bond motifs is 3. The summed E-state index contributed by atoms with van der Waals surface area (Å²) in [5.41, 5.74) is 3.97. The topological polar surface area (TPSA) is 105 Å². The van der Waals surface area contributed by atoms with Gasteiger partial charge in [-0.1, -0.05) is 68.8 Å². The van der Waals surface area contributed by atoms with Crippen LogP contribution in [0.5, 0.6) is 0 Å². The van der Waals surface area contributed by atoms with Crippen LogP contribution in [-0.4, -0.2) is 42.3 Å². The number of carbonyl (C=O) groups is 3. The van der Waals surface area contributed by atoms with Gasteiger partial charge in [-0.05, 0) is 47.4 Å². The summed E-state index contributed by atoms with van der Waals surface area (Å²) in [6.07, 6.45) is 2.57. The van der Waals surface area contributed by atoms with Gasteiger partial charge in [0.1, 0.15) is 6.61 Å². The molecular formula is C28H34N2O5. The zero-order valence-electron chi connectivity index (χ0n) is 20.4. The lowest BCUT2D eigenvalue weighted by Crippen LogP contribution is -2.45. The number of aliphatic carboxylic acids is 1. The summed E-state index contributed by atoms with van der Waals surface area (Å²) in [6.45, 7) is 4.22. The van der Waals surface area contributed by atoms with Gasteiger partial charge in [-0.3, -0.25) is 9.59 Å². The fourth-order valence-corrected chi connectivity index (χ4v) is 5.30. The van der Waals surface area contributed by atoms with Crippen molar-refractivity contribution >= 4 is 18.0 Å². The van der Waals surface area contributed by atoms with E-state index >= 15 is 0 Å². The van der Waals surface area contributed by atoms with Crippen LogP contribution in [0.15, 0.2) is 48.5 Å². The summed E-state index contributed by atoms with van der Waals surface area (Å²) in [6, 6.07) is 16.3. The van der Waals surface area contributed by atoms with Crippen LogP contribution in [0.3, 0.4) is 0 Å². The molecule has 0 spiro atoms. The average molecular weight is 479 g/mol. The van der Waals surface area contributed by atoms with Crippen molar-refractivity contribution in [1.29, 1.82) is 0 Å². The van der Waals surface area contributed by atoms with E-state index in [2.05, 4.69) is 34.9 Å². The first-order chi connectivity index (χ1) is 16.8. The second-order valence-electron chi connectivity index (χ2n) is 10.3. The molecule has 3 N–H and O–H groups in total. The number of carbonyl (C=O) groups excluding carboxylic acids is 2. The zero-order valence-corrected chi connectivity index (χ0v) is 20.4. The van der Waals surface area contributed by atoms with Crippen molar-refractivity contribution in [3.63, 3.8) is 0 Å². The fraction of sp³-hybridized carbons (Fsp3) is 0.464. The summed E-state index contributed by atoms with van der Waals surface area (Å²) in [4.78, 5) is 36.4. The lowest BCUT2D eigenvalue weighted by molar-refractivity contribution is -0.139. The number of carboxylic acids is 1. The van der Waals surface area contributed by atoms with Crippen LogP contribution in [0.4, 0.5) is 4.79 Å². The van der Waals surface area contributed by atoms with Crippen LogP contribution < -0.4 is 10.6 Å². The predicted octanol–water partition coefficient (Wildman–Crippen LogP) is 4.70. The Morgan fingerprint density at radius 1 is 1.00 bits per heavy atom. The Hall–Kier alpha value is -3.35. The normalized spacial score (nSPS) is 19.0. The molecule has 2 amide bonds. The van der Waals surface area contributed by atoms with Crippen LogP contribution in [-0.2, 0) is 14.3 Å². The summed E-state index contributed by atoms with van der Waals surface area (Å²) in [5.74, 6) is -0.969. The van der Waals surface area contributed by atoms with Gasteiger partial charge in [0.05, 0.1) is 6.42 Å². The van der Waals surface area contributed by atoms with Gasteiger partial charge in [0, 0.05) is 23.9 Å². The highest BCUT2D eigenvalue weighted by molar-refractivity contribution is 5.82. The molecule has 4 rings (SSSR count). The number of alkyl carbamates (subject to hydrolysis) is 1. The number of hydrogen-bond acceptors (Lipinski definition) is 4. The third-order valence-electron chi connectivity index (χ3n) is 7.39. The Balaban J connectivity index is 1.25. The molecule has 1 saturated carbocycles. The molecular weight excluding hydrogens is 444 g/mol. The Bertz CT molecular complexity index is 1050.